The first-order valence-electron chi connectivity index (χ1n) is 7.04. The van der Waals surface area contributed by atoms with Gasteiger partial charge in [0.25, 0.3) is 0 Å². The lowest BCUT2D eigenvalue weighted by atomic mass is 10.2. The maximum atomic E-state index is 12.3. The largest absolute Gasteiger partial charge is 0.446 e. The van der Waals surface area contributed by atoms with Crippen LogP contribution in [-0.4, -0.2) is 23.7 Å². The number of ether oxygens (including phenoxy) is 1. The molecule has 0 heterocycles. The Hall–Kier alpha value is -1.63. The Bertz CT molecular complexity index is 551. The molecule has 0 saturated carbocycles. The molecule has 1 aromatic carbocycles. The average Bonchev–Trinajstić information content (AvgIpc) is 2.34. The summed E-state index contributed by atoms with van der Waals surface area (Å²) < 4.78 is 42.0. The first-order chi connectivity index (χ1) is 10.6. The number of amides is 1. The topological polar surface area (TPSA) is 38.3 Å². The Balaban J connectivity index is 2.41. The van der Waals surface area contributed by atoms with Gasteiger partial charge in [0.15, 0.2) is 0 Å². The zero-order valence-corrected chi connectivity index (χ0v) is 14.1. The summed E-state index contributed by atoms with van der Waals surface area (Å²) in [5.74, 6) is 0. The minimum atomic E-state index is -4.29. The zero-order chi connectivity index (χ0) is 17.5. The molecule has 0 aliphatic heterocycles. The van der Waals surface area contributed by atoms with Crippen LogP contribution in [0.1, 0.15) is 32.8 Å². The number of nitrogens with one attached hydrogen (secondary N) is 1. The minimum Gasteiger partial charge on any atom is -0.444 e. The Morgan fingerprint density at radius 2 is 2.00 bits per heavy atom. The van der Waals surface area contributed by atoms with Gasteiger partial charge < -0.3 is 10.1 Å². The van der Waals surface area contributed by atoms with Crippen molar-refractivity contribution in [1.29, 1.82) is 0 Å². The number of rotatable bonds is 5. The van der Waals surface area contributed by atoms with E-state index in [-0.39, 0.29) is 16.7 Å². The van der Waals surface area contributed by atoms with Gasteiger partial charge in [0.2, 0.25) is 0 Å². The number of halogens is 3. The molecule has 1 N–H and O–H groups in total. The SMILES string of the molecule is CC(C)(C)OC(=O)NCCC=Cc1cccc(SC(F)(F)F)c1. The lowest BCUT2D eigenvalue weighted by Crippen LogP contribution is -2.32. The van der Waals surface area contributed by atoms with Gasteiger partial charge in [0.05, 0.1) is 0 Å². The minimum absolute atomic E-state index is 0.140. The summed E-state index contributed by atoms with van der Waals surface area (Å²) in [5.41, 5.74) is -4.16. The molecule has 128 valence electrons. The normalized spacial score (nSPS) is 12.4. The van der Waals surface area contributed by atoms with Gasteiger partial charge in [-0.3, -0.25) is 0 Å². The van der Waals surface area contributed by atoms with Gasteiger partial charge >= 0.3 is 11.6 Å². The van der Waals surface area contributed by atoms with Crippen LogP contribution in [0.5, 0.6) is 0 Å². The number of carbonyl (C=O) groups excluding carboxylic acids is 1. The molecule has 0 aromatic heterocycles. The van der Waals surface area contributed by atoms with E-state index in [1.165, 1.54) is 12.1 Å². The summed E-state index contributed by atoms with van der Waals surface area (Å²) in [6, 6.07) is 6.18. The number of alkyl halides is 3. The fourth-order valence-electron chi connectivity index (χ4n) is 1.61. The number of alkyl carbamates (subject to hydrolysis) is 1. The molecule has 7 heteroatoms. The van der Waals surface area contributed by atoms with Crippen LogP contribution < -0.4 is 5.32 Å². The van der Waals surface area contributed by atoms with E-state index in [0.29, 0.717) is 18.5 Å². The van der Waals surface area contributed by atoms with E-state index in [1.807, 2.05) is 0 Å². The number of carbonyl (C=O) groups is 1. The molecule has 0 spiro atoms. The number of benzene rings is 1. The highest BCUT2D eigenvalue weighted by molar-refractivity contribution is 8.00. The van der Waals surface area contributed by atoms with Crippen molar-refractivity contribution in [3.8, 4) is 0 Å². The second-order valence-electron chi connectivity index (χ2n) is 5.74. The van der Waals surface area contributed by atoms with E-state index in [2.05, 4.69) is 5.32 Å². The van der Waals surface area contributed by atoms with Crippen molar-refractivity contribution >= 4 is 23.9 Å². The van der Waals surface area contributed by atoms with E-state index in [4.69, 9.17) is 4.74 Å². The molecule has 0 radical (unpaired) electrons. The van der Waals surface area contributed by atoms with Crippen molar-refractivity contribution in [1.82, 2.24) is 5.32 Å². The van der Waals surface area contributed by atoms with Gasteiger partial charge in [-0.2, -0.15) is 13.2 Å². The highest BCUT2D eigenvalue weighted by atomic mass is 32.2. The fraction of sp³-hybridized carbons (Fsp3) is 0.438. The average molecular weight is 347 g/mol. The van der Waals surface area contributed by atoms with Gasteiger partial charge in [-0.25, -0.2) is 4.79 Å². The van der Waals surface area contributed by atoms with Crippen molar-refractivity contribution < 1.29 is 22.7 Å². The van der Waals surface area contributed by atoms with Gasteiger partial charge in [-0.05, 0) is 56.7 Å². The summed E-state index contributed by atoms with van der Waals surface area (Å²) in [4.78, 5) is 11.5. The Labute approximate surface area is 138 Å². The van der Waals surface area contributed by atoms with Crippen LogP contribution in [0.4, 0.5) is 18.0 Å². The number of thioether (sulfide) groups is 1. The van der Waals surface area contributed by atoms with Crippen molar-refractivity contribution in [2.75, 3.05) is 6.54 Å². The van der Waals surface area contributed by atoms with E-state index in [1.54, 1.807) is 45.1 Å². The van der Waals surface area contributed by atoms with Crippen LogP contribution in [-0.2, 0) is 4.74 Å². The third-order valence-corrected chi connectivity index (χ3v) is 3.10. The lowest BCUT2D eigenvalue weighted by Gasteiger charge is -2.19. The summed E-state index contributed by atoms with van der Waals surface area (Å²) in [7, 11) is 0. The van der Waals surface area contributed by atoms with Crippen molar-refractivity contribution in [2.24, 2.45) is 0 Å². The molecule has 23 heavy (non-hydrogen) atoms. The Morgan fingerprint density at radius 1 is 1.30 bits per heavy atom. The molecule has 0 atom stereocenters. The lowest BCUT2D eigenvalue weighted by molar-refractivity contribution is -0.0328. The van der Waals surface area contributed by atoms with Gasteiger partial charge in [-0.15, -0.1) is 0 Å². The molecule has 0 bridgehead atoms. The zero-order valence-electron chi connectivity index (χ0n) is 13.2. The molecule has 0 unspecified atom stereocenters. The highest BCUT2D eigenvalue weighted by Gasteiger charge is 2.29. The molecule has 0 aliphatic carbocycles. The smallest absolute Gasteiger partial charge is 0.444 e. The van der Waals surface area contributed by atoms with Crippen LogP contribution in [0, 0.1) is 0 Å². The maximum absolute atomic E-state index is 12.3. The molecule has 1 aromatic rings. The standard InChI is InChI=1S/C16H20F3NO2S/c1-15(2,3)22-14(21)20-10-5-4-7-12-8-6-9-13(11-12)23-16(17,18)19/h4,6-9,11H,5,10H2,1-3H3,(H,20,21). The Kier molecular flexibility index (Phi) is 7.00. The molecule has 3 nitrogen and oxygen atoms in total. The van der Waals surface area contributed by atoms with Crippen LogP contribution >= 0.6 is 11.8 Å². The van der Waals surface area contributed by atoms with Gasteiger partial charge in [0.1, 0.15) is 5.60 Å². The van der Waals surface area contributed by atoms with E-state index < -0.39 is 17.2 Å². The third kappa shape index (κ3) is 9.89. The summed E-state index contributed by atoms with van der Waals surface area (Å²) in [6.45, 7) is 5.72. The molecule has 0 aliphatic rings. The predicted octanol–water partition coefficient (Wildman–Crippen LogP) is 5.23. The molecule has 0 saturated heterocycles. The molecule has 1 amide bonds. The monoisotopic (exact) mass is 347 g/mol. The fourth-order valence-corrected chi connectivity index (χ4v) is 2.22. The molecular formula is C16H20F3NO2S. The Morgan fingerprint density at radius 3 is 2.61 bits per heavy atom. The van der Waals surface area contributed by atoms with Crippen molar-refractivity contribution in [3.05, 3.63) is 35.9 Å². The third-order valence-electron chi connectivity index (χ3n) is 2.38. The van der Waals surface area contributed by atoms with Crippen LogP contribution in [0.25, 0.3) is 6.08 Å². The van der Waals surface area contributed by atoms with Crippen LogP contribution in [0.2, 0.25) is 0 Å². The molecular weight excluding hydrogens is 327 g/mol. The number of hydrogen-bond donors (Lipinski definition) is 1. The molecule has 0 fully saturated rings. The van der Waals surface area contributed by atoms with E-state index >= 15 is 0 Å². The highest BCUT2D eigenvalue weighted by Crippen LogP contribution is 2.37. The summed E-state index contributed by atoms with van der Waals surface area (Å²) in [5, 5.41) is 2.60. The second-order valence-corrected chi connectivity index (χ2v) is 6.88. The summed E-state index contributed by atoms with van der Waals surface area (Å²) >= 11 is -0.140. The van der Waals surface area contributed by atoms with Crippen LogP contribution in [0.3, 0.4) is 0 Å². The molecule has 1 rings (SSSR count). The second kappa shape index (κ2) is 8.29. The summed E-state index contributed by atoms with van der Waals surface area (Å²) in [6.07, 6.45) is 3.57. The number of hydrogen-bond acceptors (Lipinski definition) is 3. The maximum Gasteiger partial charge on any atom is 0.446 e. The quantitative estimate of drug-likeness (QED) is 0.586. The van der Waals surface area contributed by atoms with E-state index in [0.717, 1.165) is 0 Å². The van der Waals surface area contributed by atoms with Crippen molar-refractivity contribution in [2.45, 2.75) is 43.2 Å². The van der Waals surface area contributed by atoms with E-state index in [9.17, 15) is 18.0 Å². The first-order valence-corrected chi connectivity index (χ1v) is 7.86. The van der Waals surface area contributed by atoms with Crippen LogP contribution in [0.15, 0.2) is 35.2 Å². The predicted molar refractivity (Wildman–Crippen MR) is 86.2 cm³/mol. The van der Waals surface area contributed by atoms with Crippen molar-refractivity contribution in [3.63, 3.8) is 0 Å². The van der Waals surface area contributed by atoms with Gasteiger partial charge in [-0.1, -0.05) is 24.3 Å². The van der Waals surface area contributed by atoms with Gasteiger partial charge in [0, 0.05) is 11.4 Å². The first kappa shape index (κ1) is 19.4.